The second-order valence-electron chi connectivity index (χ2n) is 9.05. The van der Waals surface area contributed by atoms with E-state index in [0.29, 0.717) is 34.7 Å². The standard InChI is InChI=1S/C25H20Cl2N4O2S/c1-25(2)11-17-19(13-33-25)34-23-20(17)22-28-21(14-6-4-3-5-7-14)29-31(22)24(32)30(23)12-15-8-9-16(26)10-18(15)27/h3-10H,11-13H2,1-2H3. The predicted molar refractivity (Wildman–Crippen MR) is 136 cm³/mol. The number of hydrogen-bond acceptors (Lipinski definition) is 5. The maximum Gasteiger partial charge on any atom is 0.352 e. The quantitative estimate of drug-likeness (QED) is 0.299. The van der Waals surface area contributed by atoms with Gasteiger partial charge >= 0.3 is 5.69 Å². The molecule has 6 nitrogen and oxygen atoms in total. The molecule has 9 heteroatoms. The molecule has 4 heterocycles. The molecule has 3 aromatic heterocycles. The first-order chi connectivity index (χ1) is 16.3. The van der Waals surface area contributed by atoms with E-state index < -0.39 is 0 Å². The van der Waals surface area contributed by atoms with Crippen LogP contribution < -0.4 is 5.69 Å². The van der Waals surface area contributed by atoms with E-state index in [1.165, 1.54) is 10.1 Å². The van der Waals surface area contributed by atoms with E-state index in [-0.39, 0.29) is 11.3 Å². The zero-order valence-corrected chi connectivity index (χ0v) is 20.8. The Morgan fingerprint density at radius 2 is 1.94 bits per heavy atom. The molecule has 172 valence electrons. The lowest BCUT2D eigenvalue weighted by Crippen LogP contribution is -2.31. The number of thiophene rings is 1. The van der Waals surface area contributed by atoms with Crippen molar-refractivity contribution in [3.05, 3.63) is 85.1 Å². The monoisotopic (exact) mass is 510 g/mol. The number of benzene rings is 2. The van der Waals surface area contributed by atoms with Gasteiger partial charge in [-0.25, -0.2) is 9.78 Å². The van der Waals surface area contributed by atoms with Gasteiger partial charge in [-0.1, -0.05) is 59.6 Å². The van der Waals surface area contributed by atoms with Crippen LogP contribution in [0.25, 0.3) is 27.3 Å². The number of aromatic nitrogens is 4. The zero-order valence-electron chi connectivity index (χ0n) is 18.5. The van der Waals surface area contributed by atoms with Crippen LogP contribution in [0.1, 0.15) is 29.9 Å². The van der Waals surface area contributed by atoms with Gasteiger partial charge in [0.2, 0.25) is 0 Å². The molecule has 0 radical (unpaired) electrons. The third-order valence-electron chi connectivity index (χ3n) is 6.13. The van der Waals surface area contributed by atoms with E-state index in [4.69, 9.17) is 32.9 Å². The number of hydrogen-bond donors (Lipinski definition) is 0. The first-order valence-corrected chi connectivity index (χ1v) is 12.4. The lowest BCUT2D eigenvalue weighted by molar-refractivity contribution is -0.0379. The third-order valence-corrected chi connectivity index (χ3v) is 7.95. The number of halogens is 2. The summed E-state index contributed by atoms with van der Waals surface area (Å²) in [6, 6.07) is 15.0. The largest absolute Gasteiger partial charge is 0.370 e. The molecule has 6 rings (SSSR count). The normalized spacial score (nSPS) is 15.2. The van der Waals surface area contributed by atoms with E-state index in [0.717, 1.165) is 32.6 Å². The van der Waals surface area contributed by atoms with Crippen LogP contribution in [0, 0.1) is 0 Å². The molecule has 0 amide bonds. The maximum atomic E-state index is 13.7. The number of nitrogens with zero attached hydrogens (tertiary/aromatic N) is 4. The highest BCUT2D eigenvalue weighted by molar-refractivity contribution is 7.19. The van der Waals surface area contributed by atoms with Gasteiger partial charge in [0.05, 0.1) is 24.1 Å². The zero-order chi connectivity index (χ0) is 23.6. The molecule has 0 unspecified atom stereocenters. The lowest BCUT2D eigenvalue weighted by atomic mass is 9.94. The topological polar surface area (TPSA) is 61.4 Å². The Labute approximate surface area is 209 Å². The smallest absolute Gasteiger partial charge is 0.352 e. The third kappa shape index (κ3) is 3.55. The van der Waals surface area contributed by atoms with Crippen LogP contribution in [0.15, 0.2) is 53.3 Å². The van der Waals surface area contributed by atoms with Crippen molar-refractivity contribution in [1.29, 1.82) is 0 Å². The molecule has 0 saturated carbocycles. The summed E-state index contributed by atoms with van der Waals surface area (Å²) in [4.78, 5) is 20.5. The fourth-order valence-electron chi connectivity index (χ4n) is 4.44. The predicted octanol–water partition coefficient (Wildman–Crippen LogP) is 5.98. The summed E-state index contributed by atoms with van der Waals surface area (Å²) in [6.45, 7) is 4.97. The van der Waals surface area contributed by atoms with Crippen LogP contribution in [0.5, 0.6) is 0 Å². The lowest BCUT2D eigenvalue weighted by Gasteiger charge is -2.30. The molecule has 0 fully saturated rings. The van der Waals surface area contributed by atoms with E-state index in [1.54, 1.807) is 28.0 Å². The van der Waals surface area contributed by atoms with Crippen LogP contribution in [-0.4, -0.2) is 24.8 Å². The number of fused-ring (bicyclic) bond motifs is 5. The molecule has 5 aromatic rings. The first-order valence-electron chi connectivity index (χ1n) is 10.9. The van der Waals surface area contributed by atoms with Gasteiger partial charge in [-0.3, -0.25) is 4.57 Å². The molecule has 0 atom stereocenters. The SMILES string of the molecule is CC1(C)Cc2c(sc3c2c2nc(-c4ccccc4)nn2c(=O)n3Cc2ccc(Cl)cc2Cl)CO1. The molecule has 1 aliphatic heterocycles. The Morgan fingerprint density at radius 1 is 1.15 bits per heavy atom. The average molecular weight is 511 g/mol. The van der Waals surface area contributed by atoms with Gasteiger partial charge in [0.1, 0.15) is 4.83 Å². The van der Waals surface area contributed by atoms with Crippen molar-refractivity contribution in [3.8, 4) is 11.4 Å². The second kappa shape index (κ2) is 7.92. The van der Waals surface area contributed by atoms with Crippen molar-refractivity contribution < 1.29 is 4.74 Å². The highest BCUT2D eigenvalue weighted by Crippen LogP contribution is 2.40. The van der Waals surface area contributed by atoms with Crippen LogP contribution in [0.3, 0.4) is 0 Å². The van der Waals surface area contributed by atoms with Crippen LogP contribution in [0.2, 0.25) is 10.0 Å². The molecule has 0 saturated heterocycles. The summed E-state index contributed by atoms with van der Waals surface area (Å²) in [6.07, 6.45) is 0.728. The molecular weight excluding hydrogens is 491 g/mol. The van der Waals surface area contributed by atoms with E-state index in [9.17, 15) is 4.79 Å². The van der Waals surface area contributed by atoms with Crippen molar-refractivity contribution in [3.63, 3.8) is 0 Å². The number of rotatable bonds is 3. The van der Waals surface area contributed by atoms with Crippen LogP contribution in [0.4, 0.5) is 0 Å². The minimum Gasteiger partial charge on any atom is -0.370 e. The van der Waals surface area contributed by atoms with Gasteiger partial charge in [0, 0.05) is 26.9 Å². The summed E-state index contributed by atoms with van der Waals surface area (Å²) in [5.41, 5.74) is 2.85. The second-order valence-corrected chi connectivity index (χ2v) is 11.0. The summed E-state index contributed by atoms with van der Waals surface area (Å²) in [5, 5.41) is 6.65. The summed E-state index contributed by atoms with van der Waals surface area (Å²) >= 11 is 14.1. The van der Waals surface area contributed by atoms with Crippen molar-refractivity contribution in [1.82, 2.24) is 19.2 Å². The summed E-state index contributed by atoms with van der Waals surface area (Å²) in [5.74, 6) is 0.521. The van der Waals surface area contributed by atoms with Crippen molar-refractivity contribution in [2.75, 3.05) is 0 Å². The average Bonchev–Trinajstić information content (AvgIpc) is 3.40. The molecule has 0 bridgehead atoms. The fraction of sp³-hybridized carbons (Fsp3) is 0.240. The molecular formula is C25H20Cl2N4O2S. The van der Waals surface area contributed by atoms with E-state index >= 15 is 0 Å². The van der Waals surface area contributed by atoms with Gasteiger partial charge in [-0.05, 0) is 37.1 Å². The van der Waals surface area contributed by atoms with Gasteiger partial charge in [-0.15, -0.1) is 16.4 Å². The Bertz CT molecular complexity index is 1640. The van der Waals surface area contributed by atoms with Crippen LogP contribution in [-0.2, 0) is 24.3 Å². The minimum absolute atomic E-state index is 0.262. The Balaban J connectivity index is 1.66. The van der Waals surface area contributed by atoms with E-state index in [1.807, 2.05) is 36.4 Å². The molecule has 0 aliphatic carbocycles. The summed E-state index contributed by atoms with van der Waals surface area (Å²) < 4.78 is 9.23. The molecule has 2 aromatic carbocycles. The maximum absolute atomic E-state index is 13.7. The van der Waals surface area contributed by atoms with Crippen molar-refractivity contribution >= 4 is 50.4 Å². The molecule has 0 spiro atoms. The van der Waals surface area contributed by atoms with Gasteiger partial charge in [0.15, 0.2) is 11.5 Å². The molecule has 34 heavy (non-hydrogen) atoms. The Kier molecular flexibility index (Phi) is 5.08. The minimum atomic E-state index is -0.305. The molecule has 0 N–H and O–H groups in total. The van der Waals surface area contributed by atoms with Gasteiger partial charge < -0.3 is 4.74 Å². The highest BCUT2D eigenvalue weighted by atomic mass is 35.5. The molecule has 1 aliphatic rings. The first kappa shape index (κ1) is 21.8. The fourth-order valence-corrected chi connectivity index (χ4v) is 6.12. The van der Waals surface area contributed by atoms with Crippen molar-refractivity contribution in [2.45, 2.75) is 39.0 Å². The number of ether oxygens (including phenoxy) is 1. The van der Waals surface area contributed by atoms with Gasteiger partial charge in [-0.2, -0.15) is 4.52 Å². The Morgan fingerprint density at radius 3 is 2.71 bits per heavy atom. The highest BCUT2D eigenvalue weighted by Gasteiger charge is 2.32. The van der Waals surface area contributed by atoms with Gasteiger partial charge in [0.25, 0.3) is 0 Å². The van der Waals surface area contributed by atoms with E-state index in [2.05, 4.69) is 18.9 Å². The van der Waals surface area contributed by atoms with Crippen LogP contribution >= 0.6 is 34.5 Å². The Hall–Kier alpha value is -2.71. The summed E-state index contributed by atoms with van der Waals surface area (Å²) in [7, 11) is 0. The van der Waals surface area contributed by atoms with Crippen molar-refractivity contribution in [2.24, 2.45) is 0 Å².